The topological polar surface area (TPSA) is 61.0 Å². The van der Waals surface area contributed by atoms with E-state index in [0.29, 0.717) is 16.9 Å². The van der Waals surface area contributed by atoms with Crippen LogP contribution in [-0.4, -0.2) is 22.3 Å². The quantitative estimate of drug-likeness (QED) is 0.404. The number of aromatic nitrogens is 3. The fourth-order valence-electron chi connectivity index (χ4n) is 2.46. The normalized spacial score (nSPS) is 10.9. The van der Waals surface area contributed by atoms with Crippen molar-refractivity contribution in [1.82, 2.24) is 15.2 Å². The summed E-state index contributed by atoms with van der Waals surface area (Å²) in [5.74, 6) is 1.98. The van der Waals surface area contributed by atoms with Crippen molar-refractivity contribution in [2.75, 3.05) is 7.11 Å². The molecule has 0 bridgehead atoms. The molecule has 0 aliphatic heterocycles. The van der Waals surface area contributed by atoms with E-state index in [9.17, 15) is 0 Å². The van der Waals surface area contributed by atoms with Crippen LogP contribution < -0.4 is 4.74 Å². The fraction of sp³-hybridized carbons (Fsp3) is 0.150. The number of benzene rings is 2. The summed E-state index contributed by atoms with van der Waals surface area (Å²) in [4.78, 5) is 4.70. The molecule has 0 radical (unpaired) electrons. The van der Waals surface area contributed by atoms with Crippen molar-refractivity contribution in [2.45, 2.75) is 17.9 Å². The SMILES string of the molecule is COc1ccc(-c2nnc(SCc3csc(-c4ccc(C)cc4)n3)o2)cc1. The summed E-state index contributed by atoms with van der Waals surface area (Å²) in [5.41, 5.74) is 4.26. The third-order valence-electron chi connectivity index (χ3n) is 3.94. The van der Waals surface area contributed by atoms with Gasteiger partial charge in [-0.25, -0.2) is 4.98 Å². The first-order valence-electron chi connectivity index (χ1n) is 8.33. The zero-order valence-corrected chi connectivity index (χ0v) is 16.5. The van der Waals surface area contributed by atoms with Crippen LogP contribution >= 0.6 is 23.1 Å². The van der Waals surface area contributed by atoms with Crippen LogP contribution in [0.15, 0.2) is 63.6 Å². The first-order valence-corrected chi connectivity index (χ1v) is 10.2. The van der Waals surface area contributed by atoms with Crippen LogP contribution in [0.25, 0.3) is 22.0 Å². The second-order valence-electron chi connectivity index (χ2n) is 5.90. The number of methoxy groups -OCH3 is 1. The average Bonchev–Trinajstić information content (AvgIpc) is 3.37. The lowest BCUT2D eigenvalue weighted by Crippen LogP contribution is -1.82. The van der Waals surface area contributed by atoms with Gasteiger partial charge in [0.25, 0.3) is 5.22 Å². The maximum atomic E-state index is 5.75. The molecule has 27 heavy (non-hydrogen) atoms. The third-order valence-corrected chi connectivity index (χ3v) is 5.73. The lowest BCUT2D eigenvalue weighted by Gasteiger charge is -1.99. The standard InChI is InChI=1S/C20H17N3O2S2/c1-13-3-5-15(6-4-13)19-21-16(11-26-19)12-27-20-23-22-18(25-20)14-7-9-17(24-2)10-8-14/h3-11H,12H2,1-2H3. The van der Waals surface area contributed by atoms with Crippen molar-refractivity contribution in [3.8, 4) is 27.8 Å². The zero-order chi connectivity index (χ0) is 18.6. The molecule has 0 unspecified atom stereocenters. The van der Waals surface area contributed by atoms with E-state index in [2.05, 4.69) is 46.8 Å². The Balaban J connectivity index is 1.40. The molecule has 2 heterocycles. The number of rotatable bonds is 6. The maximum absolute atomic E-state index is 5.75. The monoisotopic (exact) mass is 395 g/mol. The minimum atomic E-state index is 0.499. The van der Waals surface area contributed by atoms with Crippen molar-refractivity contribution < 1.29 is 9.15 Å². The number of thiazole rings is 1. The fourth-order valence-corrected chi connectivity index (χ4v) is 4.04. The molecule has 0 N–H and O–H groups in total. The van der Waals surface area contributed by atoms with Gasteiger partial charge in [0.15, 0.2) is 0 Å². The highest BCUT2D eigenvalue weighted by Crippen LogP contribution is 2.29. The highest BCUT2D eigenvalue weighted by molar-refractivity contribution is 7.98. The molecule has 0 aliphatic carbocycles. The molecular weight excluding hydrogens is 378 g/mol. The first kappa shape index (κ1) is 17.8. The van der Waals surface area contributed by atoms with Crippen LogP contribution in [0.3, 0.4) is 0 Å². The molecule has 136 valence electrons. The lowest BCUT2D eigenvalue weighted by molar-refractivity contribution is 0.414. The van der Waals surface area contributed by atoms with Gasteiger partial charge in [-0.15, -0.1) is 21.5 Å². The molecule has 0 spiro atoms. The Kier molecular flexibility index (Phi) is 5.22. The second kappa shape index (κ2) is 7.94. The molecular formula is C20H17N3O2S2. The summed E-state index contributed by atoms with van der Waals surface area (Å²) in [6, 6.07) is 15.9. The number of nitrogens with zero attached hydrogens (tertiary/aromatic N) is 3. The molecule has 0 amide bonds. The molecule has 0 atom stereocenters. The highest BCUT2D eigenvalue weighted by Gasteiger charge is 2.11. The summed E-state index contributed by atoms with van der Waals surface area (Å²) >= 11 is 3.13. The molecule has 0 fully saturated rings. The van der Waals surface area contributed by atoms with Gasteiger partial charge in [0.1, 0.15) is 10.8 Å². The third kappa shape index (κ3) is 4.20. The molecule has 4 aromatic rings. The van der Waals surface area contributed by atoms with E-state index < -0.39 is 0 Å². The molecule has 5 nitrogen and oxygen atoms in total. The lowest BCUT2D eigenvalue weighted by atomic mass is 10.2. The van der Waals surface area contributed by atoms with E-state index in [4.69, 9.17) is 14.1 Å². The minimum absolute atomic E-state index is 0.499. The van der Waals surface area contributed by atoms with Gasteiger partial charge in [-0.05, 0) is 31.2 Å². The Labute approximate surface area is 165 Å². The van der Waals surface area contributed by atoms with Gasteiger partial charge in [0.2, 0.25) is 5.89 Å². The molecule has 0 saturated heterocycles. The van der Waals surface area contributed by atoms with Crippen molar-refractivity contribution in [1.29, 1.82) is 0 Å². The van der Waals surface area contributed by atoms with Gasteiger partial charge in [0.05, 0.1) is 12.8 Å². The molecule has 2 aromatic heterocycles. The van der Waals surface area contributed by atoms with Crippen LogP contribution in [0.2, 0.25) is 0 Å². The van der Waals surface area contributed by atoms with Crippen LogP contribution in [0.1, 0.15) is 11.3 Å². The van der Waals surface area contributed by atoms with Gasteiger partial charge in [-0.2, -0.15) is 0 Å². The Bertz CT molecular complexity index is 1020. The summed E-state index contributed by atoms with van der Waals surface area (Å²) in [6.45, 7) is 2.08. The zero-order valence-electron chi connectivity index (χ0n) is 14.9. The molecule has 4 rings (SSSR count). The van der Waals surface area contributed by atoms with Crippen LogP contribution in [0.4, 0.5) is 0 Å². The molecule has 0 saturated carbocycles. The number of aryl methyl sites for hydroxylation is 1. The van der Waals surface area contributed by atoms with Gasteiger partial charge < -0.3 is 9.15 Å². The summed E-state index contributed by atoms with van der Waals surface area (Å²) in [6.07, 6.45) is 0. The van der Waals surface area contributed by atoms with E-state index in [-0.39, 0.29) is 0 Å². The largest absolute Gasteiger partial charge is 0.497 e. The predicted octanol–water partition coefficient (Wildman–Crippen LogP) is 5.47. The summed E-state index contributed by atoms with van der Waals surface area (Å²) in [7, 11) is 1.64. The average molecular weight is 396 g/mol. The van der Waals surface area contributed by atoms with Gasteiger partial charge >= 0.3 is 0 Å². The second-order valence-corrected chi connectivity index (χ2v) is 7.69. The van der Waals surface area contributed by atoms with Gasteiger partial charge in [-0.1, -0.05) is 41.6 Å². The van der Waals surface area contributed by atoms with E-state index in [1.165, 1.54) is 17.3 Å². The maximum Gasteiger partial charge on any atom is 0.277 e. The van der Waals surface area contributed by atoms with E-state index in [0.717, 1.165) is 27.6 Å². The smallest absolute Gasteiger partial charge is 0.277 e. The van der Waals surface area contributed by atoms with E-state index in [1.54, 1.807) is 18.4 Å². The van der Waals surface area contributed by atoms with Crippen molar-refractivity contribution in [3.05, 3.63) is 65.2 Å². The Morgan fingerprint density at radius 1 is 1.00 bits per heavy atom. The summed E-state index contributed by atoms with van der Waals surface area (Å²) in [5, 5.41) is 11.9. The Morgan fingerprint density at radius 2 is 1.74 bits per heavy atom. The van der Waals surface area contributed by atoms with Crippen molar-refractivity contribution >= 4 is 23.1 Å². The van der Waals surface area contributed by atoms with Gasteiger partial charge in [-0.3, -0.25) is 0 Å². The van der Waals surface area contributed by atoms with E-state index >= 15 is 0 Å². The predicted molar refractivity (Wildman–Crippen MR) is 108 cm³/mol. The van der Waals surface area contributed by atoms with Crippen molar-refractivity contribution in [3.63, 3.8) is 0 Å². The molecule has 0 aliphatic rings. The summed E-state index contributed by atoms with van der Waals surface area (Å²) < 4.78 is 10.9. The Hall–Kier alpha value is -2.64. The molecule has 2 aromatic carbocycles. The number of hydrogen-bond acceptors (Lipinski definition) is 7. The van der Waals surface area contributed by atoms with E-state index in [1.807, 2.05) is 24.3 Å². The van der Waals surface area contributed by atoms with Gasteiger partial charge in [0, 0.05) is 22.3 Å². The Morgan fingerprint density at radius 3 is 2.48 bits per heavy atom. The minimum Gasteiger partial charge on any atom is -0.497 e. The van der Waals surface area contributed by atoms with Crippen LogP contribution in [0.5, 0.6) is 5.75 Å². The number of ether oxygens (including phenoxy) is 1. The number of thioether (sulfide) groups is 1. The van der Waals surface area contributed by atoms with Crippen LogP contribution in [-0.2, 0) is 5.75 Å². The van der Waals surface area contributed by atoms with Crippen molar-refractivity contribution in [2.24, 2.45) is 0 Å². The number of hydrogen-bond donors (Lipinski definition) is 0. The van der Waals surface area contributed by atoms with Crippen LogP contribution in [0, 0.1) is 6.92 Å². The molecule has 7 heteroatoms. The highest BCUT2D eigenvalue weighted by atomic mass is 32.2. The first-order chi connectivity index (χ1) is 13.2.